The van der Waals surface area contributed by atoms with E-state index in [4.69, 9.17) is 5.73 Å². The summed E-state index contributed by atoms with van der Waals surface area (Å²) in [5, 5.41) is 10.1. The molecule has 9 heteroatoms. The molecule has 1 aromatic carbocycles. The Labute approximate surface area is 161 Å². The highest BCUT2D eigenvalue weighted by molar-refractivity contribution is 5.56. The molecule has 4 N–H and O–H groups in total. The molecule has 1 aliphatic rings. The summed E-state index contributed by atoms with van der Waals surface area (Å²) in [6, 6.07) is 8.46. The first-order valence-corrected chi connectivity index (χ1v) is 9.11. The summed E-state index contributed by atoms with van der Waals surface area (Å²) in [7, 11) is 0. The Hall–Kier alpha value is -3.49. The Bertz CT molecular complexity index is 982. The van der Waals surface area contributed by atoms with Crippen molar-refractivity contribution in [2.24, 2.45) is 0 Å². The average Bonchev–Trinajstić information content (AvgIpc) is 3.32. The highest BCUT2D eigenvalue weighted by Gasteiger charge is 2.29. The van der Waals surface area contributed by atoms with Crippen molar-refractivity contribution < 1.29 is 4.39 Å². The minimum atomic E-state index is -0.250. The fraction of sp³-hybridized carbons (Fsp3) is 0.263. The molecule has 8 nitrogen and oxygen atoms in total. The number of anilines is 4. The lowest BCUT2D eigenvalue weighted by atomic mass is 10.0. The largest absolute Gasteiger partial charge is 0.368 e. The minimum absolute atomic E-state index is 0.0712. The first-order valence-electron chi connectivity index (χ1n) is 9.11. The summed E-state index contributed by atoms with van der Waals surface area (Å²) in [5.74, 6) is 1.28. The van der Waals surface area contributed by atoms with Gasteiger partial charge in [0.2, 0.25) is 17.8 Å². The van der Waals surface area contributed by atoms with Gasteiger partial charge in [-0.05, 0) is 43.5 Å². The van der Waals surface area contributed by atoms with Gasteiger partial charge >= 0.3 is 0 Å². The Kier molecular flexibility index (Phi) is 4.88. The molecule has 2 aromatic heterocycles. The van der Waals surface area contributed by atoms with Crippen LogP contribution in [-0.4, -0.2) is 31.7 Å². The molecule has 144 valence electrons. The Morgan fingerprint density at radius 2 is 2.07 bits per heavy atom. The van der Waals surface area contributed by atoms with Gasteiger partial charge in [-0.15, -0.1) is 0 Å². The van der Waals surface area contributed by atoms with E-state index in [1.807, 2.05) is 25.1 Å². The minimum Gasteiger partial charge on any atom is -0.368 e. The third-order valence-corrected chi connectivity index (χ3v) is 4.59. The number of rotatable bonds is 5. The first kappa shape index (κ1) is 17.9. The van der Waals surface area contributed by atoms with Crippen LogP contribution in [-0.2, 0) is 0 Å². The van der Waals surface area contributed by atoms with E-state index >= 15 is 0 Å². The van der Waals surface area contributed by atoms with Gasteiger partial charge in [-0.2, -0.15) is 20.1 Å². The van der Waals surface area contributed by atoms with Crippen LogP contribution >= 0.6 is 0 Å². The quantitative estimate of drug-likeness (QED) is 0.622. The molecule has 0 aliphatic carbocycles. The number of benzene rings is 1. The molecule has 1 unspecified atom stereocenters. The highest BCUT2D eigenvalue weighted by Crippen LogP contribution is 2.35. The van der Waals surface area contributed by atoms with Gasteiger partial charge in [0.15, 0.2) is 5.82 Å². The van der Waals surface area contributed by atoms with Gasteiger partial charge < -0.3 is 16.0 Å². The number of nitrogens with zero attached hydrogens (tertiary/aromatic N) is 5. The third kappa shape index (κ3) is 3.78. The predicted molar refractivity (Wildman–Crippen MR) is 107 cm³/mol. The van der Waals surface area contributed by atoms with Crippen LogP contribution < -0.4 is 16.0 Å². The second-order valence-electron chi connectivity index (χ2n) is 6.55. The van der Waals surface area contributed by atoms with Crippen molar-refractivity contribution in [2.45, 2.75) is 25.8 Å². The molecule has 4 rings (SSSR count). The Morgan fingerprint density at radius 1 is 1.25 bits per heavy atom. The fourth-order valence-electron chi connectivity index (χ4n) is 3.38. The molecule has 3 aromatic rings. The van der Waals surface area contributed by atoms with Crippen molar-refractivity contribution in [1.82, 2.24) is 25.1 Å². The van der Waals surface area contributed by atoms with Crippen LogP contribution in [0.4, 0.5) is 28.1 Å². The standard InChI is InChI=1S/C19H21FN8/c1-2-4-14-11-16(27-26-14)22-18-23-17(21)24-19(25-18)28-10-3-5-15(28)12-6-8-13(20)9-7-12/h2,4,6-9,11,15H,3,5,10H2,1H3,(H4,21,22,23,24,25,26,27)/b4-2+. The molecule has 0 radical (unpaired) electrons. The number of hydrogen-bond acceptors (Lipinski definition) is 7. The SMILES string of the molecule is C/C=C/c1cc(Nc2nc(N)nc(N3CCCC3c3ccc(F)cc3)n2)n[nH]1. The lowest BCUT2D eigenvalue weighted by Crippen LogP contribution is -2.25. The number of allylic oxidation sites excluding steroid dienone is 1. The van der Waals surface area contributed by atoms with Gasteiger partial charge in [0, 0.05) is 12.6 Å². The molecule has 0 bridgehead atoms. The van der Waals surface area contributed by atoms with Crippen molar-refractivity contribution in [3.63, 3.8) is 0 Å². The Morgan fingerprint density at radius 3 is 2.86 bits per heavy atom. The molecule has 1 fully saturated rings. The number of aromatic amines is 1. The van der Waals surface area contributed by atoms with Crippen molar-refractivity contribution in [2.75, 3.05) is 22.5 Å². The molecule has 0 spiro atoms. The highest BCUT2D eigenvalue weighted by atomic mass is 19.1. The number of hydrogen-bond donors (Lipinski definition) is 3. The Balaban J connectivity index is 1.59. The first-order chi connectivity index (χ1) is 13.6. The number of H-pyrrole nitrogens is 1. The second-order valence-corrected chi connectivity index (χ2v) is 6.55. The normalized spacial score (nSPS) is 16.8. The van der Waals surface area contributed by atoms with Crippen LogP contribution in [0.15, 0.2) is 36.4 Å². The molecule has 1 atom stereocenters. The van der Waals surface area contributed by atoms with Gasteiger partial charge in [0.25, 0.3) is 0 Å². The molecule has 3 heterocycles. The number of halogens is 1. The summed E-state index contributed by atoms with van der Waals surface area (Å²) in [6.07, 6.45) is 5.75. The van der Waals surface area contributed by atoms with E-state index in [2.05, 4.69) is 35.4 Å². The third-order valence-electron chi connectivity index (χ3n) is 4.59. The van der Waals surface area contributed by atoms with Gasteiger partial charge in [-0.1, -0.05) is 18.2 Å². The van der Waals surface area contributed by atoms with Crippen LogP contribution in [0.5, 0.6) is 0 Å². The second kappa shape index (κ2) is 7.63. The van der Waals surface area contributed by atoms with Crippen molar-refractivity contribution in [3.8, 4) is 0 Å². The molecular formula is C19H21FN8. The number of aromatic nitrogens is 5. The average molecular weight is 380 g/mol. The summed E-state index contributed by atoms with van der Waals surface area (Å²) in [5.41, 5.74) is 7.81. The van der Waals surface area contributed by atoms with Gasteiger partial charge in [-0.3, -0.25) is 5.10 Å². The van der Waals surface area contributed by atoms with E-state index < -0.39 is 0 Å². The van der Waals surface area contributed by atoms with Crippen molar-refractivity contribution in [1.29, 1.82) is 0 Å². The molecular weight excluding hydrogens is 359 g/mol. The maximum Gasteiger partial charge on any atom is 0.235 e. The maximum absolute atomic E-state index is 13.3. The lowest BCUT2D eigenvalue weighted by Gasteiger charge is -2.25. The van der Waals surface area contributed by atoms with E-state index in [0.717, 1.165) is 30.6 Å². The summed E-state index contributed by atoms with van der Waals surface area (Å²) < 4.78 is 13.3. The number of nitrogens with two attached hydrogens (primary N) is 1. The van der Waals surface area contributed by atoms with Crippen LogP contribution in [0.3, 0.4) is 0 Å². The van der Waals surface area contributed by atoms with E-state index in [-0.39, 0.29) is 17.8 Å². The number of nitrogen functional groups attached to an aromatic ring is 1. The van der Waals surface area contributed by atoms with Crippen LogP contribution in [0.25, 0.3) is 6.08 Å². The molecule has 0 saturated carbocycles. The van der Waals surface area contributed by atoms with E-state index in [9.17, 15) is 4.39 Å². The summed E-state index contributed by atoms with van der Waals surface area (Å²) in [6.45, 7) is 2.72. The van der Waals surface area contributed by atoms with Gasteiger partial charge in [0.1, 0.15) is 5.82 Å². The molecule has 28 heavy (non-hydrogen) atoms. The maximum atomic E-state index is 13.3. The smallest absolute Gasteiger partial charge is 0.235 e. The van der Waals surface area contributed by atoms with Gasteiger partial charge in [0.05, 0.1) is 11.7 Å². The zero-order chi connectivity index (χ0) is 19.5. The van der Waals surface area contributed by atoms with E-state index in [0.29, 0.717) is 17.7 Å². The zero-order valence-corrected chi connectivity index (χ0v) is 15.4. The van der Waals surface area contributed by atoms with Crippen molar-refractivity contribution in [3.05, 3.63) is 53.5 Å². The van der Waals surface area contributed by atoms with Gasteiger partial charge in [-0.25, -0.2) is 4.39 Å². The van der Waals surface area contributed by atoms with Crippen LogP contribution in [0.1, 0.15) is 37.1 Å². The predicted octanol–water partition coefficient (Wildman–Crippen LogP) is 3.43. The van der Waals surface area contributed by atoms with E-state index in [1.165, 1.54) is 12.1 Å². The summed E-state index contributed by atoms with van der Waals surface area (Å²) in [4.78, 5) is 15.1. The van der Waals surface area contributed by atoms with E-state index in [1.54, 1.807) is 12.1 Å². The molecule has 1 aliphatic heterocycles. The number of nitrogens with one attached hydrogen (secondary N) is 2. The monoisotopic (exact) mass is 380 g/mol. The lowest BCUT2D eigenvalue weighted by molar-refractivity contribution is 0.624. The molecule has 0 amide bonds. The van der Waals surface area contributed by atoms with Crippen molar-refractivity contribution >= 4 is 29.7 Å². The summed E-state index contributed by atoms with van der Waals surface area (Å²) >= 11 is 0. The topological polar surface area (TPSA) is 109 Å². The van der Waals surface area contributed by atoms with Crippen LogP contribution in [0.2, 0.25) is 0 Å². The molecule has 1 saturated heterocycles. The van der Waals surface area contributed by atoms with Crippen LogP contribution in [0, 0.1) is 5.82 Å². The fourth-order valence-corrected chi connectivity index (χ4v) is 3.38. The zero-order valence-electron chi connectivity index (χ0n) is 15.4.